The summed E-state index contributed by atoms with van der Waals surface area (Å²) in [6.07, 6.45) is 1.28. The zero-order valence-electron chi connectivity index (χ0n) is 4.15. The van der Waals surface area contributed by atoms with Crippen LogP contribution in [0.2, 0.25) is 0 Å². The fourth-order valence-corrected chi connectivity index (χ4v) is 0.618. The van der Waals surface area contributed by atoms with Crippen molar-refractivity contribution in [3.05, 3.63) is 12.7 Å². The molecule has 0 spiro atoms. The van der Waals surface area contributed by atoms with E-state index in [0.717, 1.165) is 0 Å². The summed E-state index contributed by atoms with van der Waals surface area (Å²) < 4.78 is 30.0. The van der Waals surface area contributed by atoms with Crippen molar-refractivity contribution in [1.82, 2.24) is 0 Å². The van der Waals surface area contributed by atoms with E-state index < -0.39 is 15.0 Å². The molecule has 8 heavy (non-hydrogen) atoms. The van der Waals surface area contributed by atoms with Crippen molar-refractivity contribution in [3.8, 4) is 0 Å². The average molecular weight is 158 g/mol. The van der Waals surface area contributed by atoms with E-state index in [2.05, 4.69) is 10.2 Å². The quantitative estimate of drug-likeness (QED) is 0.539. The molecule has 0 atom stereocenters. The van der Waals surface area contributed by atoms with Gasteiger partial charge in [-0.1, -0.05) is 0 Å². The Balaban J connectivity index is 3.40. The van der Waals surface area contributed by atoms with Crippen molar-refractivity contribution in [2.45, 2.75) is 0 Å². The maximum atomic E-state index is 9.88. The summed E-state index contributed by atoms with van der Waals surface area (Å²) in [6.45, 7) is 3.11. The Morgan fingerprint density at radius 3 is 2.38 bits per heavy atom. The van der Waals surface area contributed by atoms with E-state index in [0.29, 0.717) is 0 Å². The van der Waals surface area contributed by atoms with Gasteiger partial charge in [-0.3, -0.25) is 0 Å². The first kappa shape index (κ1) is 8.00. The van der Waals surface area contributed by atoms with E-state index in [1.165, 1.54) is 6.08 Å². The standard InChI is InChI=1S/C3H5O.2H2O.O.V/c1-2-3-4;;;;/h2H,1,3H2;2*1H2;;/q-1;;;;+3/p-2. The van der Waals surface area contributed by atoms with E-state index in [4.69, 9.17) is 8.06 Å². The SMILES string of the molecule is C=CC[O][V](=[O])([OH])[OH]. The topological polar surface area (TPSA) is 66.8 Å². The summed E-state index contributed by atoms with van der Waals surface area (Å²) >= 11 is -4.79. The minimum absolute atomic E-state index is 0.0938. The summed E-state index contributed by atoms with van der Waals surface area (Å²) in [7, 11) is 0. The van der Waals surface area contributed by atoms with Crippen LogP contribution in [0.4, 0.5) is 0 Å². The second-order valence-corrected chi connectivity index (χ2v) is 3.01. The van der Waals surface area contributed by atoms with Crippen LogP contribution in [0, 0.1) is 0 Å². The van der Waals surface area contributed by atoms with E-state index in [-0.39, 0.29) is 6.61 Å². The first-order chi connectivity index (χ1) is 3.56. The van der Waals surface area contributed by atoms with Gasteiger partial charge in [-0.2, -0.15) is 0 Å². The molecule has 0 unspecified atom stereocenters. The van der Waals surface area contributed by atoms with Crippen molar-refractivity contribution in [2.75, 3.05) is 6.61 Å². The Labute approximate surface area is 50.4 Å². The van der Waals surface area contributed by atoms with Crippen LogP contribution in [0.25, 0.3) is 0 Å². The van der Waals surface area contributed by atoms with E-state index >= 15 is 0 Å². The summed E-state index contributed by atoms with van der Waals surface area (Å²) in [5.41, 5.74) is 0. The molecule has 0 rings (SSSR count). The molecule has 0 heterocycles. The van der Waals surface area contributed by atoms with Crippen molar-refractivity contribution < 1.29 is 30.4 Å². The first-order valence-corrected chi connectivity index (χ1v) is 4.26. The Kier molecular flexibility index (Phi) is 3.12. The summed E-state index contributed by atoms with van der Waals surface area (Å²) in [4.78, 5) is 0. The zero-order chi connectivity index (χ0) is 6.62. The summed E-state index contributed by atoms with van der Waals surface area (Å²) in [5, 5.41) is 0. The molecule has 4 nitrogen and oxygen atoms in total. The van der Waals surface area contributed by atoms with Crippen molar-refractivity contribution in [1.29, 1.82) is 0 Å². The molecular formula is C3H7O4V. The molecule has 0 aliphatic heterocycles. The summed E-state index contributed by atoms with van der Waals surface area (Å²) in [6, 6.07) is 0. The third-order valence-electron chi connectivity index (χ3n) is 0.361. The molecule has 2 N–H and O–H groups in total. The number of hydrogen-bond donors (Lipinski definition) is 2. The van der Waals surface area contributed by atoms with Gasteiger partial charge in [0.05, 0.1) is 0 Å². The molecule has 0 bridgehead atoms. The maximum absolute atomic E-state index is 9.88. The molecule has 48 valence electrons. The molecule has 5 heteroatoms. The van der Waals surface area contributed by atoms with Crippen molar-refractivity contribution >= 4 is 0 Å². The molecule has 0 aliphatic carbocycles. The second kappa shape index (κ2) is 3.11. The molecule has 0 aliphatic rings. The van der Waals surface area contributed by atoms with Gasteiger partial charge >= 0.3 is 49.7 Å². The van der Waals surface area contributed by atoms with Crippen LogP contribution < -0.4 is 0 Å². The molecule has 0 aromatic heterocycles. The van der Waals surface area contributed by atoms with Crippen LogP contribution in [0.1, 0.15) is 0 Å². The molecule has 0 saturated heterocycles. The van der Waals surface area contributed by atoms with Crippen LogP contribution in [0.5, 0.6) is 0 Å². The Bertz CT molecular complexity index is 114. The molecule has 0 saturated carbocycles. The van der Waals surface area contributed by atoms with Gasteiger partial charge in [0.1, 0.15) is 0 Å². The van der Waals surface area contributed by atoms with Gasteiger partial charge in [0.15, 0.2) is 0 Å². The van der Waals surface area contributed by atoms with Crippen LogP contribution >= 0.6 is 0 Å². The predicted molar refractivity (Wildman–Crippen MR) is 21.3 cm³/mol. The van der Waals surface area contributed by atoms with Crippen LogP contribution in [-0.2, 0) is 22.4 Å². The summed E-state index contributed by atoms with van der Waals surface area (Å²) in [5.74, 6) is 0. The van der Waals surface area contributed by atoms with Gasteiger partial charge in [-0.25, -0.2) is 0 Å². The van der Waals surface area contributed by atoms with E-state index in [9.17, 15) is 3.67 Å². The Morgan fingerprint density at radius 2 is 2.25 bits per heavy atom. The molecule has 0 fully saturated rings. The van der Waals surface area contributed by atoms with Crippen LogP contribution in [-0.4, -0.2) is 14.7 Å². The molecule has 0 aromatic carbocycles. The van der Waals surface area contributed by atoms with Crippen LogP contribution in [0.3, 0.4) is 0 Å². The monoisotopic (exact) mass is 158 g/mol. The Hall–Kier alpha value is 0.00442. The van der Waals surface area contributed by atoms with Crippen molar-refractivity contribution in [3.63, 3.8) is 0 Å². The predicted octanol–water partition coefficient (Wildman–Crippen LogP) is -0.582. The minimum atomic E-state index is -4.79. The van der Waals surface area contributed by atoms with Gasteiger partial charge in [0.2, 0.25) is 0 Å². The molecular weight excluding hydrogens is 151 g/mol. The third kappa shape index (κ3) is 6.00. The molecule has 0 amide bonds. The van der Waals surface area contributed by atoms with Gasteiger partial charge in [-0.15, -0.1) is 0 Å². The van der Waals surface area contributed by atoms with Crippen molar-refractivity contribution in [2.24, 2.45) is 0 Å². The van der Waals surface area contributed by atoms with Gasteiger partial charge in [0, 0.05) is 0 Å². The van der Waals surface area contributed by atoms with E-state index in [1.54, 1.807) is 0 Å². The average Bonchev–Trinajstić information content (AvgIpc) is 1.59. The normalized spacial score (nSPS) is 11.2. The molecule has 0 radical (unpaired) electrons. The van der Waals surface area contributed by atoms with Crippen LogP contribution in [0.15, 0.2) is 12.7 Å². The van der Waals surface area contributed by atoms with E-state index in [1.807, 2.05) is 0 Å². The number of hydrogen-bond acceptors (Lipinski definition) is 2. The fraction of sp³-hybridized carbons (Fsp3) is 0.333. The number of rotatable bonds is 3. The third-order valence-corrected chi connectivity index (χ3v) is 1.12. The first-order valence-electron chi connectivity index (χ1n) is 1.87. The van der Waals surface area contributed by atoms with Gasteiger partial charge in [-0.05, 0) is 0 Å². The van der Waals surface area contributed by atoms with Gasteiger partial charge in [0.25, 0.3) is 0 Å². The molecule has 0 aromatic rings. The Morgan fingerprint density at radius 1 is 1.75 bits per heavy atom. The zero-order valence-corrected chi connectivity index (χ0v) is 5.55. The van der Waals surface area contributed by atoms with Gasteiger partial charge < -0.3 is 0 Å². The fourth-order valence-electron chi connectivity index (χ4n) is 0.150. The second-order valence-electron chi connectivity index (χ2n) is 1.08.